The van der Waals surface area contributed by atoms with Gasteiger partial charge in [-0.15, -0.1) is 0 Å². The molecule has 3 rings (SSSR count). The molecule has 24 heavy (non-hydrogen) atoms. The molecule has 1 saturated carbocycles. The summed E-state index contributed by atoms with van der Waals surface area (Å²) in [6, 6.07) is 6.67. The summed E-state index contributed by atoms with van der Waals surface area (Å²) in [7, 11) is 2.10. The first kappa shape index (κ1) is 17.0. The number of nitrogens with zero attached hydrogens (tertiary/aromatic N) is 2. The number of rotatable bonds is 6. The number of hydrogen-bond donors (Lipinski definition) is 1. The van der Waals surface area contributed by atoms with Crippen molar-refractivity contribution in [3.05, 3.63) is 29.3 Å². The number of aryl methyl sites for hydroxylation is 1. The van der Waals surface area contributed by atoms with Gasteiger partial charge in [0.15, 0.2) is 0 Å². The first-order valence-corrected chi connectivity index (χ1v) is 8.82. The van der Waals surface area contributed by atoms with Crippen molar-refractivity contribution in [1.29, 1.82) is 0 Å². The summed E-state index contributed by atoms with van der Waals surface area (Å²) < 4.78 is 0. The van der Waals surface area contributed by atoms with Crippen LogP contribution in [-0.2, 0) is 9.59 Å². The minimum absolute atomic E-state index is 0.000327. The number of nitrogens with one attached hydrogen (secondary N) is 1. The standard InChI is InChI=1S/C19H27N3O2/c1-13-5-4-6-17(14(13)2)22-12-15(11-18(22)23)19(24)20-9-10-21(3)16-7-8-16/h4-6,15-16H,7-12H2,1-3H3,(H,20,24). The van der Waals surface area contributed by atoms with Crippen LogP contribution < -0.4 is 10.2 Å². The summed E-state index contributed by atoms with van der Waals surface area (Å²) in [5.74, 6) is -0.206. The lowest BCUT2D eigenvalue weighted by Crippen LogP contribution is -2.38. The fourth-order valence-corrected chi connectivity index (χ4v) is 3.34. The van der Waals surface area contributed by atoms with Crippen LogP contribution in [0.1, 0.15) is 30.4 Å². The zero-order valence-electron chi connectivity index (χ0n) is 14.8. The van der Waals surface area contributed by atoms with Crippen molar-refractivity contribution in [3.63, 3.8) is 0 Å². The van der Waals surface area contributed by atoms with Crippen LogP contribution >= 0.6 is 0 Å². The molecule has 1 N–H and O–H groups in total. The van der Waals surface area contributed by atoms with E-state index in [0.29, 0.717) is 25.6 Å². The number of amides is 2. The summed E-state index contributed by atoms with van der Waals surface area (Å²) in [6.45, 7) is 6.07. The van der Waals surface area contributed by atoms with Gasteiger partial charge in [-0.3, -0.25) is 9.59 Å². The van der Waals surface area contributed by atoms with Crippen molar-refractivity contribution in [2.24, 2.45) is 5.92 Å². The molecule has 1 saturated heterocycles. The largest absolute Gasteiger partial charge is 0.355 e. The molecule has 0 bridgehead atoms. The fourth-order valence-electron chi connectivity index (χ4n) is 3.34. The van der Waals surface area contributed by atoms with Crippen LogP contribution in [0.3, 0.4) is 0 Å². The molecule has 1 aliphatic carbocycles. The van der Waals surface area contributed by atoms with Gasteiger partial charge in [0.1, 0.15) is 0 Å². The minimum atomic E-state index is -0.247. The van der Waals surface area contributed by atoms with Crippen LogP contribution in [0.15, 0.2) is 18.2 Å². The number of carbonyl (C=O) groups is 2. The highest BCUT2D eigenvalue weighted by atomic mass is 16.2. The van der Waals surface area contributed by atoms with Gasteiger partial charge in [-0.05, 0) is 50.9 Å². The Kier molecular flexibility index (Phi) is 4.90. The lowest BCUT2D eigenvalue weighted by molar-refractivity contribution is -0.126. The van der Waals surface area contributed by atoms with Crippen LogP contribution in [0.2, 0.25) is 0 Å². The first-order chi connectivity index (χ1) is 11.5. The zero-order chi connectivity index (χ0) is 17.3. The number of likely N-dealkylation sites (N-methyl/N-ethyl adjacent to an activating group) is 1. The predicted molar refractivity (Wildman–Crippen MR) is 95.0 cm³/mol. The molecule has 1 unspecified atom stereocenters. The molecule has 1 atom stereocenters. The third-order valence-electron chi connectivity index (χ3n) is 5.30. The second-order valence-electron chi connectivity index (χ2n) is 7.13. The Labute approximate surface area is 144 Å². The molecule has 1 aromatic rings. The van der Waals surface area contributed by atoms with E-state index in [4.69, 9.17) is 0 Å². The molecule has 0 aromatic heterocycles. The predicted octanol–water partition coefficient (Wildman–Crippen LogP) is 1.87. The number of carbonyl (C=O) groups excluding carboxylic acids is 2. The molecular weight excluding hydrogens is 302 g/mol. The van der Waals surface area contributed by atoms with E-state index in [1.165, 1.54) is 12.8 Å². The zero-order valence-corrected chi connectivity index (χ0v) is 14.8. The van der Waals surface area contributed by atoms with E-state index in [0.717, 1.165) is 23.4 Å². The normalized spacial score (nSPS) is 20.8. The average molecular weight is 329 g/mol. The van der Waals surface area contributed by atoms with Crippen molar-refractivity contribution >= 4 is 17.5 Å². The van der Waals surface area contributed by atoms with E-state index >= 15 is 0 Å². The average Bonchev–Trinajstić information content (AvgIpc) is 3.33. The Morgan fingerprint density at radius 2 is 2.08 bits per heavy atom. The van der Waals surface area contributed by atoms with Gasteiger partial charge in [0, 0.05) is 37.8 Å². The van der Waals surface area contributed by atoms with Crippen LogP contribution in [0, 0.1) is 19.8 Å². The number of anilines is 1. The Morgan fingerprint density at radius 1 is 1.33 bits per heavy atom. The molecule has 0 radical (unpaired) electrons. The molecule has 2 fully saturated rings. The third-order valence-corrected chi connectivity index (χ3v) is 5.30. The lowest BCUT2D eigenvalue weighted by Gasteiger charge is -2.20. The third kappa shape index (κ3) is 3.61. The molecule has 5 heteroatoms. The number of hydrogen-bond acceptors (Lipinski definition) is 3. The molecule has 130 valence electrons. The van der Waals surface area contributed by atoms with Gasteiger partial charge in [0.25, 0.3) is 0 Å². The summed E-state index contributed by atoms with van der Waals surface area (Å²) in [5, 5.41) is 3.00. The molecule has 2 amide bonds. The highest BCUT2D eigenvalue weighted by molar-refractivity contribution is 6.00. The molecule has 1 heterocycles. The maximum absolute atomic E-state index is 12.4. The lowest BCUT2D eigenvalue weighted by atomic mass is 10.1. The first-order valence-electron chi connectivity index (χ1n) is 8.82. The van der Waals surface area contributed by atoms with E-state index in [9.17, 15) is 9.59 Å². The topological polar surface area (TPSA) is 52.7 Å². The van der Waals surface area contributed by atoms with Gasteiger partial charge >= 0.3 is 0 Å². The smallest absolute Gasteiger partial charge is 0.227 e. The van der Waals surface area contributed by atoms with Crippen LogP contribution in [-0.4, -0.2) is 49.4 Å². The van der Waals surface area contributed by atoms with E-state index in [1.807, 2.05) is 32.0 Å². The molecule has 0 spiro atoms. The van der Waals surface area contributed by atoms with E-state index < -0.39 is 0 Å². The van der Waals surface area contributed by atoms with Crippen molar-refractivity contribution in [1.82, 2.24) is 10.2 Å². The van der Waals surface area contributed by atoms with Gasteiger partial charge in [0.2, 0.25) is 11.8 Å². The second-order valence-corrected chi connectivity index (χ2v) is 7.13. The van der Waals surface area contributed by atoms with Crippen molar-refractivity contribution in [2.45, 2.75) is 39.2 Å². The molecule has 1 aromatic carbocycles. The fraction of sp³-hybridized carbons (Fsp3) is 0.579. The van der Waals surface area contributed by atoms with Crippen LogP contribution in [0.25, 0.3) is 0 Å². The van der Waals surface area contributed by atoms with Crippen molar-refractivity contribution < 1.29 is 9.59 Å². The minimum Gasteiger partial charge on any atom is -0.355 e. The van der Waals surface area contributed by atoms with Gasteiger partial charge in [0.05, 0.1) is 5.92 Å². The maximum Gasteiger partial charge on any atom is 0.227 e. The number of benzene rings is 1. The van der Waals surface area contributed by atoms with Gasteiger partial charge in [-0.25, -0.2) is 0 Å². The molecule has 5 nitrogen and oxygen atoms in total. The second kappa shape index (κ2) is 6.93. The molecule has 1 aliphatic heterocycles. The SMILES string of the molecule is Cc1cccc(N2CC(C(=O)NCCN(C)C3CC3)CC2=O)c1C. The van der Waals surface area contributed by atoms with E-state index in [2.05, 4.69) is 17.3 Å². The summed E-state index contributed by atoms with van der Waals surface area (Å²) in [6.07, 6.45) is 2.84. The molecular formula is C19H27N3O2. The Morgan fingerprint density at radius 3 is 2.79 bits per heavy atom. The monoisotopic (exact) mass is 329 g/mol. The Bertz CT molecular complexity index is 639. The Hall–Kier alpha value is -1.88. The summed E-state index contributed by atoms with van der Waals surface area (Å²) >= 11 is 0. The van der Waals surface area contributed by atoms with Crippen molar-refractivity contribution in [2.75, 3.05) is 31.6 Å². The highest BCUT2D eigenvalue weighted by Gasteiger charge is 2.35. The van der Waals surface area contributed by atoms with Crippen molar-refractivity contribution in [3.8, 4) is 0 Å². The van der Waals surface area contributed by atoms with Gasteiger partial charge in [-0.1, -0.05) is 12.1 Å². The Balaban J connectivity index is 1.55. The van der Waals surface area contributed by atoms with E-state index in [1.54, 1.807) is 4.90 Å². The molecule has 2 aliphatic rings. The highest BCUT2D eigenvalue weighted by Crippen LogP contribution is 2.29. The van der Waals surface area contributed by atoms with Gasteiger partial charge in [-0.2, -0.15) is 0 Å². The van der Waals surface area contributed by atoms with Crippen LogP contribution in [0.4, 0.5) is 5.69 Å². The van der Waals surface area contributed by atoms with Crippen LogP contribution in [0.5, 0.6) is 0 Å². The summed E-state index contributed by atoms with van der Waals surface area (Å²) in [4.78, 5) is 28.8. The quantitative estimate of drug-likeness (QED) is 0.867. The van der Waals surface area contributed by atoms with E-state index in [-0.39, 0.29) is 17.7 Å². The maximum atomic E-state index is 12.4. The summed E-state index contributed by atoms with van der Waals surface area (Å²) in [5.41, 5.74) is 3.21. The van der Waals surface area contributed by atoms with Gasteiger partial charge < -0.3 is 15.1 Å².